The standard InChI is InChI=1S/C17H18BrNO2/c1-2-15-13(7-9-21-15)16(18)12-6-5-11-4-3-8-19-17(20)14(11)10-12/h5-7,9-10,16H,2-4,8H2,1H3,(H,19,20). The van der Waals surface area contributed by atoms with Crippen molar-refractivity contribution in [2.75, 3.05) is 6.54 Å². The fourth-order valence-electron chi connectivity index (χ4n) is 2.80. The van der Waals surface area contributed by atoms with Crippen molar-refractivity contribution in [1.29, 1.82) is 0 Å². The number of hydrogen-bond donors (Lipinski definition) is 1. The molecule has 1 aromatic heterocycles. The smallest absolute Gasteiger partial charge is 0.251 e. The number of carbonyl (C=O) groups excluding carboxylic acids is 1. The summed E-state index contributed by atoms with van der Waals surface area (Å²) in [5, 5.41) is 2.95. The minimum atomic E-state index is 0.0342. The van der Waals surface area contributed by atoms with Gasteiger partial charge in [-0.05, 0) is 36.1 Å². The molecule has 3 rings (SSSR count). The van der Waals surface area contributed by atoms with Crippen LogP contribution < -0.4 is 5.32 Å². The Kier molecular flexibility index (Phi) is 4.15. The average Bonchev–Trinajstić information content (AvgIpc) is 2.91. The highest BCUT2D eigenvalue weighted by molar-refractivity contribution is 9.09. The lowest BCUT2D eigenvalue weighted by Gasteiger charge is -2.13. The molecular formula is C17H18BrNO2. The molecule has 0 bridgehead atoms. The van der Waals surface area contributed by atoms with Gasteiger partial charge in [-0.15, -0.1) is 0 Å². The van der Waals surface area contributed by atoms with Gasteiger partial charge in [-0.1, -0.05) is 35.0 Å². The number of halogens is 1. The van der Waals surface area contributed by atoms with Gasteiger partial charge in [-0.2, -0.15) is 0 Å². The van der Waals surface area contributed by atoms with Gasteiger partial charge in [0.25, 0.3) is 5.91 Å². The Labute approximate surface area is 132 Å². The summed E-state index contributed by atoms with van der Waals surface area (Å²) in [5.74, 6) is 1.02. The molecule has 1 aliphatic rings. The van der Waals surface area contributed by atoms with Gasteiger partial charge in [-0.25, -0.2) is 0 Å². The first kappa shape index (κ1) is 14.4. The van der Waals surface area contributed by atoms with E-state index in [0.717, 1.165) is 53.8 Å². The van der Waals surface area contributed by atoms with Crippen LogP contribution in [0.1, 0.15) is 51.0 Å². The van der Waals surface area contributed by atoms with Crippen LogP contribution >= 0.6 is 15.9 Å². The Morgan fingerprint density at radius 3 is 3.05 bits per heavy atom. The Morgan fingerprint density at radius 2 is 2.24 bits per heavy atom. The van der Waals surface area contributed by atoms with Gasteiger partial charge < -0.3 is 9.73 Å². The summed E-state index contributed by atoms with van der Waals surface area (Å²) in [4.78, 5) is 12.2. The summed E-state index contributed by atoms with van der Waals surface area (Å²) < 4.78 is 5.50. The first-order valence-corrected chi connectivity index (χ1v) is 8.23. The molecule has 0 fully saturated rings. The number of aryl methyl sites for hydroxylation is 2. The first-order chi connectivity index (χ1) is 10.2. The van der Waals surface area contributed by atoms with Crippen LogP contribution in [0, 0.1) is 0 Å². The zero-order valence-corrected chi connectivity index (χ0v) is 13.6. The van der Waals surface area contributed by atoms with Gasteiger partial charge in [0.05, 0.1) is 11.1 Å². The third-order valence-electron chi connectivity index (χ3n) is 3.95. The predicted molar refractivity (Wildman–Crippen MR) is 86.0 cm³/mol. The van der Waals surface area contributed by atoms with Crippen molar-refractivity contribution >= 4 is 21.8 Å². The minimum absolute atomic E-state index is 0.0342. The monoisotopic (exact) mass is 347 g/mol. The molecule has 1 atom stereocenters. The predicted octanol–water partition coefficient (Wildman–Crippen LogP) is 4.00. The van der Waals surface area contributed by atoms with E-state index >= 15 is 0 Å². The van der Waals surface area contributed by atoms with Crippen LogP contribution in [0.2, 0.25) is 0 Å². The zero-order chi connectivity index (χ0) is 14.8. The topological polar surface area (TPSA) is 42.2 Å². The van der Waals surface area contributed by atoms with E-state index in [1.807, 2.05) is 12.1 Å². The summed E-state index contributed by atoms with van der Waals surface area (Å²) >= 11 is 3.74. The normalized spacial score (nSPS) is 16.0. The zero-order valence-electron chi connectivity index (χ0n) is 12.0. The van der Waals surface area contributed by atoms with Crippen molar-refractivity contribution in [2.24, 2.45) is 0 Å². The Morgan fingerprint density at radius 1 is 1.38 bits per heavy atom. The molecule has 0 spiro atoms. The average molecular weight is 348 g/mol. The first-order valence-electron chi connectivity index (χ1n) is 7.32. The number of hydrogen-bond acceptors (Lipinski definition) is 2. The maximum absolute atomic E-state index is 12.1. The summed E-state index contributed by atoms with van der Waals surface area (Å²) in [6.07, 6.45) is 4.53. The lowest BCUT2D eigenvalue weighted by atomic mass is 9.97. The van der Waals surface area contributed by atoms with Crippen molar-refractivity contribution in [1.82, 2.24) is 5.32 Å². The van der Waals surface area contributed by atoms with E-state index in [1.165, 1.54) is 0 Å². The lowest BCUT2D eigenvalue weighted by molar-refractivity contribution is 0.0956. The number of carbonyl (C=O) groups is 1. The molecule has 0 saturated carbocycles. The third kappa shape index (κ3) is 2.77. The molecule has 3 nitrogen and oxygen atoms in total. The number of rotatable bonds is 3. The second-order valence-electron chi connectivity index (χ2n) is 5.29. The number of fused-ring (bicyclic) bond motifs is 1. The van der Waals surface area contributed by atoms with Crippen LogP contribution in [-0.4, -0.2) is 12.5 Å². The number of alkyl halides is 1. The summed E-state index contributed by atoms with van der Waals surface area (Å²) in [5.41, 5.74) is 4.15. The maximum Gasteiger partial charge on any atom is 0.251 e. The Hall–Kier alpha value is -1.55. The lowest BCUT2D eigenvalue weighted by Crippen LogP contribution is -2.22. The van der Waals surface area contributed by atoms with Crippen LogP contribution in [0.4, 0.5) is 0 Å². The van der Waals surface area contributed by atoms with Crippen molar-refractivity contribution < 1.29 is 9.21 Å². The highest BCUT2D eigenvalue weighted by Crippen LogP contribution is 2.35. The highest BCUT2D eigenvalue weighted by atomic mass is 79.9. The fraction of sp³-hybridized carbons (Fsp3) is 0.353. The van der Waals surface area contributed by atoms with E-state index in [9.17, 15) is 4.79 Å². The molecule has 1 aromatic carbocycles. The SMILES string of the molecule is CCc1occc1C(Br)c1ccc2c(c1)C(=O)NCCC2. The number of furan rings is 1. The van der Waals surface area contributed by atoms with Crippen LogP contribution in [-0.2, 0) is 12.8 Å². The van der Waals surface area contributed by atoms with Crippen molar-refractivity contribution in [3.05, 3.63) is 58.5 Å². The molecule has 0 saturated heterocycles. The van der Waals surface area contributed by atoms with Crippen LogP contribution in [0.25, 0.3) is 0 Å². The molecule has 1 unspecified atom stereocenters. The van der Waals surface area contributed by atoms with Gasteiger partial charge in [0.2, 0.25) is 0 Å². The van der Waals surface area contributed by atoms with E-state index in [0.29, 0.717) is 0 Å². The van der Waals surface area contributed by atoms with Crippen LogP contribution in [0.5, 0.6) is 0 Å². The van der Waals surface area contributed by atoms with Crippen molar-refractivity contribution in [3.8, 4) is 0 Å². The van der Waals surface area contributed by atoms with E-state index < -0.39 is 0 Å². The Balaban J connectivity index is 1.98. The molecule has 2 aromatic rings. The second kappa shape index (κ2) is 6.06. The quantitative estimate of drug-likeness (QED) is 0.852. The van der Waals surface area contributed by atoms with E-state index in [4.69, 9.17) is 4.42 Å². The minimum Gasteiger partial charge on any atom is -0.469 e. The van der Waals surface area contributed by atoms with Crippen molar-refractivity contribution in [2.45, 2.75) is 31.0 Å². The fourth-order valence-corrected chi connectivity index (χ4v) is 3.49. The molecular weight excluding hydrogens is 330 g/mol. The molecule has 21 heavy (non-hydrogen) atoms. The molecule has 4 heteroatoms. The summed E-state index contributed by atoms with van der Waals surface area (Å²) in [6.45, 7) is 2.83. The summed E-state index contributed by atoms with van der Waals surface area (Å²) in [7, 11) is 0. The van der Waals surface area contributed by atoms with Gasteiger partial charge in [-0.3, -0.25) is 4.79 Å². The molecule has 0 aliphatic carbocycles. The van der Waals surface area contributed by atoms with Crippen molar-refractivity contribution in [3.63, 3.8) is 0 Å². The van der Waals surface area contributed by atoms with Crippen LogP contribution in [0.3, 0.4) is 0 Å². The van der Waals surface area contributed by atoms with Gasteiger partial charge in [0.15, 0.2) is 0 Å². The summed E-state index contributed by atoms with van der Waals surface area (Å²) in [6, 6.07) is 8.17. The second-order valence-corrected chi connectivity index (χ2v) is 6.21. The van der Waals surface area contributed by atoms with Crippen LogP contribution in [0.15, 0.2) is 34.9 Å². The number of amides is 1. The Bertz CT molecular complexity index is 663. The molecule has 110 valence electrons. The highest BCUT2D eigenvalue weighted by Gasteiger charge is 2.20. The van der Waals surface area contributed by atoms with Gasteiger partial charge in [0.1, 0.15) is 5.76 Å². The molecule has 0 radical (unpaired) electrons. The van der Waals surface area contributed by atoms with E-state index in [1.54, 1.807) is 6.26 Å². The molecule has 1 N–H and O–H groups in total. The molecule has 2 heterocycles. The van der Waals surface area contributed by atoms with Gasteiger partial charge >= 0.3 is 0 Å². The third-order valence-corrected chi connectivity index (χ3v) is 4.98. The van der Waals surface area contributed by atoms with E-state index in [-0.39, 0.29) is 10.7 Å². The van der Waals surface area contributed by atoms with E-state index in [2.05, 4.69) is 40.3 Å². The number of benzene rings is 1. The largest absolute Gasteiger partial charge is 0.469 e. The van der Waals surface area contributed by atoms with Gasteiger partial charge in [0, 0.05) is 24.1 Å². The molecule has 1 aliphatic heterocycles. The number of nitrogens with one attached hydrogen (secondary N) is 1. The molecule has 1 amide bonds. The maximum atomic E-state index is 12.1.